The lowest BCUT2D eigenvalue weighted by Gasteiger charge is -2.21. The minimum absolute atomic E-state index is 0.185. The topological polar surface area (TPSA) is 106 Å². The van der Waals surface area contributed by atoms with Crippen LogP contribution in [0.2, 0.25) is 0 Å². The summed E-state index contributed by atoms with van der Waals surface area (Å²) in [5.74, 6) is 6.15. The quantitative estimate of drug-likeness (QED) is 0.446. The zero-order chi connectivity index (χ0) is 24.4. The molecule has 0 unspecified atom stereocenters. The van der Waals surface area contributed by atoms with Crippen LogP contribution in [0, 0.1) is 11.8 Å². The number of hydrogen-bond donors (Lipinski definition) is 2. The molecule has 1 saturated heterocycles. The summed E-state index contributed by atoms with van der Waals surface area (Å²) in [6.45, 7) is 2.30. The SMILES string of the molecule is CC#CC(=O)N1CCC[C@H]1c1nc(-c2ccc(C(=O)Nc3ccccn3)cc2)c2c(N)cccn12. The first-order chi connectivity index (χ1) is 17.1. The maximum absolute atomic E-state index is 12.6. The van der Waals surface area contributed by atoms with Gasteiger partial charge < -0.3 is 16.0 Å². The Morgan fingerprint density at radius 1 is 1.11 bits per heavy atom. The maximum Gasteiger partial charge on any atom is 0.299 e. The Balaban J connectivity index is 1.51. The summed E-state index contributed by atoms with van der Waals surface area (Å²) in [6.07, 6.45) is 5.22. The summed E-state index contributed by atoms with van der Waals surface area (Å²) in [5.41, 5.74) is 9.77. The van der Waals surface area contributed by atoms with Crippen molar-refractivity contribution in [2.75, 3.05) is 17.6 Å². The predicted octanol–water partition coefficient (Wildman–Crippen LogP) is 3.92. The average Bonchev–Trinajstić information content (AvgIpc) is 3.51. The van der Waals surface area contributed by atoms with E-state index in [0.29, 0.717) is 29.3 Å². The van der Waals surface area contributed by atoms with Crippen LogP contribution in [0.5, 0.6) is 0 Å². The Kier molecular flexibility index (Phi) is 5.90. The first-order valence-corrected chi connectivity index (χ1v) is 11.4. The van der Waals surface area contributed by atoms with Crippen LogP contribution in [-0.4, -0.2) is 37.6 Å². The molecule has 4 aromatic rings. The third-order valence-corrected chi connectivity index (χ3v) is 6.09. The van der Waals surface area contributed by atoms with E-state index in [1.807, 2.05) is 40.9 Å². The lowest BCUT2D eigenvalue weighted by Crippen LogP contribution is -2.30. The van der Waals surface area contributed by atoms with Gasteiger partial charge in [-0.3, -0.25) is 14.0 Å². The van der Waals surface area contributed by atoms with E-state index in [9.17, 15) is 9.59 Å². The Morgan fingerprint density at radius 3 is 2.69 bits per heavy atom. The van der Waals surface area contributed by atoms with Crippen LogP contribution >= 0.6 is 0 Å². The van der Waals surface area contributed by atoms with Crippen molar-refractivity contribution < 1.29 is 9.59 Å². The molecule has 8 heteroatoms. The number of nitrogens with one attached hydrogen (secondary N) is 1. The Labute approximate surface area is 202 Å². The van der Waals surface area contributed by atoms with E-state index in [0.717, 1.165) is 29.7 Å². The number of benzene rings is 1. The summed E-state index contributed by atoms with van der Waals surface area (Å²) in [5, 5.41) is 2.78. The normalized spacial score (nSPS) is 15.0. The number of carbonyl (C=O) groups excluding carboxylic acids is 2. The number of likely N-dealkylation sites (tertiary alicyclic amines) is 1. The number of nitrogens with two attached hydrogens (primary N) is 1. The molecule has 0 saturated carbocycles. The predicted molar refractivity (Wildman–Crippen MR) is 134 cm³/mol. The standard InChI is InChI=1S/C27H24N6O2/c1-2-7-23(34)32-16-6-9-21(32)26-31-24(25-20(28)8-5-17-33(25)26)18-11-13-19(14-12-18)27(35)30-22-10-3-4-15-29-22/h3-5,8,10-15,17,21H,6,9,16,28H2,1H3,(H,29,30,35)/t21-/m0/s1. The third-order valence-electron chi connectivity index (χ3n) is 6.09. The van der Waals surface area contributed by atoms with Crippen molar-refractivity contribution >= 4 is 28.8 Å². The molecule has 35 heavy (non-hydrogen) atoms. The van der Waals surface area contributed by atoms with Gasteiger partial charge in [0, 0.05) is 30.1 Å². The monoisotopic (exact) mass is 464 g/mol. The summed E-state index contributed by atoms with van der Waals surface area (Å²) < 4.78 is 1.96. The first-order valence-electron chi connectivity index (χ1n) is 11.4. The molecule has 5 rings (SSSR count). The zero-order valence-corrected chi connectivity index (χ0v) is 19.2. The molecule has 1 fully saturated rings. The summed E-state index contributed by atoms with van der Waals surface area (Å²) >= 11 is 0. The lowest BCUT2D eigenvalue weighted by molar-refractivity contribution is -0.126. The number of nitrogen functional groups attached to an aromatic ring is 1. The number of imidazole rings is 1. The highest BCUT2D eigenvalue weighted by Crippen LogP contribution is 2.36. The Bertz CT molecular complexity index is 1460. The fourth-order valence-electron chi connectivity index (χ4n) is 4.49. The number of aromatic nitrogens is 3. The average molecular weight is 465 g/mol. The summed E-state index contributed by atoms with van der Waals surface area (Å²) in [7, 11) is 0. The second kappa shape index (κ2) is 9.31. The van der Waals surface area contributed by atoms with Crippen LogP contribution in [0.3, 0.4) is 0 Å². The number of amides is 2. The van der Waals surface area contributed by atoms with Crippen molar-refractivity contribution in [3.05, 3.63) is 78.4 Å². The van der Waals surface area contributed by atoms with Crippen molar-refractivity contribution in [2.24, 2.45) is 0 Å². The van der Waals surface area contributed by atoms with Crippen LogP contribution in [-0.2, 0) is 4.79 Å². The van der Waals surface area contributed by atoms with Crippen molar-refractivity contribution in [1.82, 2.24) is 19.3 Å². The van der Waals surface area contributed by atoms with Gasteiger partial charge in [-0.25, -0.2) is 9.97 Å². The summed E-state index contributed by atoms with van der Waals surface area (Å²) in [6, 6.07) is 16.1. The van der Waals surface area contributed by atoms with Crippen molar-refractivity contribution in [3.63, 3.8) is 0 Å². The molecule has 3 aromatic heterocycles. The maximum atomic E-state index is 12.6. The fourth-order valence-corrected chi connectivity index (χ4v) is 4.49. The first kappa shape index (κ1) is 22.2. The van der Waals surface area contributed by atoms with E-state index in [4.69, 9.17) is 10.7 Å². The minimum atomic E-state index is -0.248. The van der Waals surface area contributed by atoms with E-state index in [1.54, 1.807) is 42.3 Å². The second-order valence-corrected chi connectivity index (χ2v) is 8.28. The molecule has 3 N–H and O–H groups in total. The number of hydrogen-bond acceptors (Lipinski definition) is 5. The van der Waals surface area contributed by atoms with Gasteiger partial charge in [-0.2, -0.15) is 0 Å². The van der Waals surface area contributed by atoms with Gasteiger partial charge in [0.15, 0.2) is 0 Å². The van der Waals surface area contributed by atoms with E-state index in [-0.39, 0.29) is 17.9 Å². The smallest absolute Gasteiger partial charge is 0.299 e. The molecule has 0 aliphatic carbocycles. The second-order valence-electron chi connectivity index (χ2n) is 8.28. The lowest BCUT2D eigenvalue weighted by atomic mass is 10.1. The van der Waals surface area contributed by atoms with Gasteiger partial charge in [0.1, 0.15) is 11.6 Å². The van der Waals surface area contributed by atoms with Gasteiger partial charge in [0.2, 0.25) is 0 Å². The molecule has 0 spiro atoms. The van der Waals surface area contributed by atoms with Gasteiger partial charge in [-0.15, -0.1) is 0 Å². The molecule has 1 atom stereocenters. The molecule has 0 radical (unpaired) electrons. The van der Waals surface area contributed by atoms with Crippen LogP contribution < -0.4 is 11.1 Å². The largest absolute Gasteiger partial charge is 0.397 e. The summed E-state index contributed by atoms with van der Waals surface area (Å²) in [4.78, 5) is 36.1. The van der Waals surface area contributed by atoms with Crippen LogP contribution in [0.4, 0.5) is 11.5 Å². The Morgan fingerprint density at radius 2 is 1.94 bits per heavy atom. The van der Waals surface area contributed by atoms with Gasteiger partial charge >= 0.3 is 0 Å². The van der Waals surface area contributed by atoms with Gasteiger partial charge in [-0.1, -0.05) is 24.1 Å². The molecule has 4 heterocycles. The molecule has 0 bridgehead atoms. The van der Waals surface area contributed by atoms with Crippen LogP contribution in [0.25, 0.3) is 16.8 Å². The van der Waals surface area contributed by atoms with Crippen LogP contribution in [0.1, 0.15) is 42.0 Å². The number of anilines is 2. The molecular weight excluding hydrogens is 440 g/mol. The van der Waals surface area contributed by atoms with Crippen molar-refractivity contribution in [2.45, 2.75) is 25.8 Å². The zero-order valence-electron chi connectivity index (χ0n) is 19.2. The highest BCUT2D eigenvalue weighted by Gasteiger charge is 2.33. The van der Waals surface area contributed by atoms with Crippen molar-refractivity contribution in [3.8, 4) is 23.1 Å². The Hall–Kier alpha value is -4.64. The van der Waals surface area contributed by atoms with E-state index in [1.165, 1.54) is 0 Å². The highest BCUT2D eigenvalue weighted by molar-refractivity contribution is 6.04. The number of fused-ring (bicyclic) bond motifs is 1. The number of rotatable bonds is 4. The van der Waals surface area contributed by atoms with E-state index < -0.39 is 0 Å². The molecule has 1 aromatic carbocycles. The molecule has 1 aliphatic heterocycles. The molecule has 2 amide bonds. The molecular formula is C27H24N6O2. The third kappa shape index (κ3) is 4.20. The van der Waals surface area contributed by atoms with E-state index in [2.05, 4.69) is 22.1 Å². The minimum Gasteiger partial charge on any atom is -0.397 e. The number of carbonyl (C=O) groups is 2. The molecule has 8 nitrogen and oxygen atoms in total. The van der Waals surface area contributed by atoms with E-state index >= 15 is 0 Å². The number of pyridine rings is 2. The van der Waals surface area contributed by atoms with Gasteiger partial charge in [0.25, 0.3) is 11.8 Å². The molecule has 1 aliphatic rings. The van der Waals surface area contributed by atoms with Crippen molar-refractivity contribution in [1.29, 1.82) is 0 Å². The van der Waals surface area contributed by atoms with Crippen LogP contribution in [0.15, 0.2) is 67.0 Å². The van der Waals surface area contributed by atoms with Gasteiger partial charge in [0.05, 0.1) is 22.9 Å². The molecule has 174 valence electrons. The highest BCUT2D eigenvalue weighted by atomic mass is 16.2. The fraction of sp³-hybridized carbons (Fsp3) is 0.185. The van der Waals surface area contributed by atoms with Gasteiger partial charge in [-0.05, 0) is 62.1 Å². The number of nitrogens with zero attached hydrogens (tertiary/aromatic N) is 4.